The summed E-state index contributed by atoms with van der Waals surface area (Å²) in [4.78, 5) is 21.5. The number of hydrogen-bond donors (Lipinski definition) is 1. The number of benzene rings is 1. The number of carbonyl (C=O) groups is 1. The van der Waals surface area contributed by atoms with Crippen LogP contribution in [0.1, 0.15) is 41.9 Å². The highest BCUT2D eigenvalue weighted by atomic mass is 79.9. The van der Waals surface area contributed by atoms with Gasteiger partial charge in [-0.2, -0.15) is 4.98 Å². The lowest BCUT2D eigenvalue weighted by Crippen LogP contribution is -2.32. The van der Waals surface area contributed by atoms with Crippen LogP contribution in [0.2, 0.25) is 0 Å². The monoisotopic (exact) mass is 454 g/mol. The van der Waals surface area contributed by atoms with Gasteiger partial charge in [0.2, 0.25) is 11.7 Å². The molecule has 0 aliphatic heterocycles. The van der Waals surface area contributed by atoms with Crippen molar-refractivity contribution >= 4 is 32.8 Å². The number of rotatable bonds is 5. The zero-order valence-corrected chi connectivity index (χ0v) is 17.7. The van der Waals surface area contributed by atoms with Crippen LogP contribution in [0.15, 0.2) is 56.1 Å². The number of pyridine rings is 1. The van der Waals surface area contributed by atoms with Gasteiger partial charge in [-0.15, -0.1) is 0 Å². The van der Waals surface area contributed by atoms with Crippen LogP contribution in [-0.4, -0.2) is 21.0 Å². The average molecular weight is 455 g/mol. The van der Waals surface area contributed by atoms with Crippen molar-refractivity contribution < 1.29 is 13.7 Å². The highest BCUT2D eigenvalue weighted by Crippen LogP contribution is 2.29. The minimum atomic E-state index is -0.459. The fourth-order valence-electron chi connectivity index (χ4n) is 3.10. The second-order valence-corrected chi connectivity index (χ2v) is 8.01. The van der Waals surface area contributed by atoms with Crippen LogP contribution in [0.3, 0.4) is 0 Å². The fourth-order valence-corrected chi connectivity index (χ4v) is 3.46. The van der Waals surface area contributed by atoms with E-state index in [4.69, 9.17) is 8.94 Å². The molecular formula is C21H19BrN4O3. The second-order valence-electron chi connectivity index (χ2n) is 7.09. The van der Waals surface area contributed by atoms with Crippen molar-refractivity contribution in [3.63, 3.8) is 0 Å². The molecule has 0 saturated carbocycles. The first kappa shape index (κ1) is 19.3. The van der Waals surface area contributed by atoms with Crippen molar-refractivity contribution in [1.29, 1.82) is 0 Å². The number of amides is 1. The third kappa shape index (κ3) is 3.80. The molecule has 0 aliphatic rings. The Morgan fingerprint density at radius 1 is 1.24 bits per heavy atom. The number of aryl methyl sites for hydroxylation is 1. The van der Waals surface area contributed by atoms with Gasteiger partial charge < -0.3 is 14.3 Å². The summed E-state index contributed by atoms with van der Waals surface area (Å²) in [6.45, 7) is 5.81. The number of fused-ring (bicyclic) bond motifs is 1. The van der Waals surface area contributed by atoms with E-state index in [9.17, 15) is 4.79 Å². The van der Waals surface area contributed by atoms with Gasteiger partial charge in [0.15, 0.2) is 5.76 Å². The van der Waals surface area contributed by atoms with Crippen molar-refractivity contribution in [3.05, 3.63) is 64.4 Å². The van der Waals surface area contributed by atoms with Crippen molar-refractivity contribution in [2.24, 2.45) is 5.92 Å². The van der Waals surface area contributed by atoms with Crippen molar-refractivity contribution in [3.8, 4) is 11.4 Å². The lowest BCUT2D eigenvalue weighted by molar-refractivity contribution is 0.0887. The first-order valence-electron chi connectivity index (χ1n) is 9.17. The van der Waals surface area contributed by atoms with Gasteiger partial charge in [-0.1, -0.05) is 34.9 Å². The molecule has 29 heavy (non-hydrogen) atoms. The predicted octanol–water partition coefficient (Wildman–Crippen LogP) is 5.08. The van der Waals surface area contributed by atoms with E-state index in [0.29, 0.717) is 17.3 Å². The molecule has 148 valence electrons. The van der Waals surface area contributed by atoms with Gasteiger partial charge >= 0.3 is 0 Å². The topological polar surface area (TPSA) is 94.1 Å². The van der Waals surface area contributed by atoms with Gasteiger partial charge in [0, 0.05) is 33.4 Å². The summed E-state index contributed by atoms with van der Waals surface area (Å²) in [7, 11) is 0. The second kappa shape index (κ2) is 7.79. The van der Waals surface area contributed by atoms with Gasteiger partial charge in [-0.05, 0) is 43.2 Å². The fraction of sp³-hybridized carbons (Fsp3) is 0.238. The summed E-state index contributed by atoms with van der Waals surface area (Å²) in [5.74, 6) is 0.742. The first-order valence-corrected chi connectivity index (χ1v) is 9.97. The van der Waals surface area contributed by atoms with Crippen LogP contribution in [0.4, 0.5) is 0 Å². The van der Waals surface area contributed by atoms with Crippen molar-refractivity contribution in [1.82, 2.24) is 20.4 Å². The van der Waals surface area contributed by atoms with Crippen LogP contribution in [-0.2, 0) is 0 Å². The molecule has 8 heteroatoms. The van der Waals surface area contributed by atoms with Crippen LogP contribution in [0, 0.1) is 12.8 Å². The molecular weight excluding hydrogens is 436 g/mol. The smallest absolute Gasteiger partial charge is 0.287 e. The summed E-state index contributed by atoms with van der Waals surface area (Å²) in [5.41, 5.74) is 2.19. The van der Waals surface area contributed by atoms with E-state index in [1.807, 2.05) is 45.0 Å². The highest BCUT2D eigenvalue weighted by Gasteiger charge is 2.28. The number of nitrogens with zero attached hydrogens (tertiary/aromatic N) is 3. The Morgan fingerprint density at radius 2 is 2.07 bits per heavy atom. The average Bonchev–Trinajstić information content (AvgIpc) is 3.32. The molecule has 0 radical (unpaired) electrons. The molecule has 1 N–H and O–H groups in total. The number of aromatic nitrogens is 3. The Hall–Kier alpha value is -3.00. The Kier molecular flexibility index (Phi) is 5.19. The maximum Gasteiger partial charge on any atom is 0.287 e. The largest absolute Gasteiger partial charge is 0.451 e. The molecule has 3 aromatic heterocycles. The lowest BCUT2D eigenvalue weighted by Gasteiger charge is -2.17. The first-order chi connectivity index (χ1) is 13.9. The maximum absolute atomic E-state index is 13.0. The van der Waals surface area contributed by atoms with Crippen LogP contribution in [0.5, 0.6) is 0 Å². The minimum Gasteiger partial charge on any atom is -0.451 e. The number of nitrogens with one attached hydrogen (secondary N) is 1. The summed E-state index contributed by atoms with van der Waals surface area (Å²) in [6, 6.07) is 8.84. The number of furan rings is 1. The van der Waals surface area contributed by atoms with Gasteiger partial charge in [-0.3, -0.25) is 9.78 Å². The third-order valence-electron chi connectivity index (χ3n) is 4.69. The van der Waals surface area contributed by atoms with E-state index in [-0.39, 0.29) is 17.6 Å². The van der Waals surface area contributed by atoms with E-state index in [1.165, 1.54) is 0 Å². The number of carbonyl (C=O) groups excluding carboxylic acids is 1. The van der Waals surface area contributed by atoms with Crippen LogP contribution < -0.4 is 5.32 Å². The molecule has 1 aromatic carbocycles. The Morgan fingerprint density at radius 3 is 2.79 bits per heavy atom. The van der Waals surface area contributed by atoms with E-state index in [1.54, 1.807) is 18.5 Å². The van der Waals surface area contributed by atoms with Crippen LogP contribution in [0.25, 0.3) is 22.4 Å². The summed E-state index contributed by atoms with van der Waals surface area (Å²) >= 11 is 3.45. The quantitative estimate of drug-likeness (QED) is 0.451. The van der Waals surface area contributed by atoms with Gasteiger partial charge in [0.05, 0.1) is 0 Å². The summed E-state index contributed by atoms with van der Waals surface area (Å²) < 4.78 is 12.2. The summed E-state index contributed by atoms with van der Waals surface area (Å²) in [6.07, 6.45) is 3.34. The van der Waals surface area contributed by atoms with E-state index >= 15 is 0 Å². The Labute approximate surface area is 175 Å². The van der Waals surface area contributed by atoms with E-state index in [2.05, 4.69) is 36.4 Å². The molecule has 4 aromatic rings. The molecule has 1 unspecified atom stereocenters. The maximum atomic E-state index is 13.0. The molecule has 0 spiro atoms. The molecule has 0 fully saturated rings. The van der Waals surface area contributed by atoms with Gasteiger partial charge in [0.25, 0.3) is 5.91 Å². The lowest BCUT2D eigenvalue weighted by atomic mass is 10.0. The zero-order valence-electron chi connectivity index (χ0n) is 16.1. The van der Waals surface area contributed by atoms with Crippen LogP contribution >= 0.6 is 15.9 Å². The third-order valence-corrected chi connectivity index (χ3v) is 5.18. The Balaban J connectivity index is 1.62. The minimum absolute atomic E-state index is 0.0278. The molecule has 7 nitrogen and oxygen atoms in total. The normalized spacial score (nSPS) is 12.4. The van der Waals surface area contributed by atoms with Crippen molar-refractivity contribution in [2.45, 2.75) is 26.8 Å². The highest BCUT2D eigenvalue weighted by molar-refractivity contribution is 9.10. The van der Waals surface area contributed by atoms with Crippen molar-refractivity contribution in [2.75, 3.05) is 0 Å². The standard InChI is InChI=1S/C21H19BrN4O3/c1-11(2)17(21-25-19(26-29-21)13-5-4-8-23-10-13)24-20(27)18-12(3)15-9-14(22)6-7-16(15)28-18/h4-11,17H,1-3H3,(H,24,27). The number of hydrogen-bond acceptors (Lipinski definition) is 6. The van der Waals surface area contributed by atoms with Gasteiger partial charge in [0.1, 0.15) is 11.6 Å². The van der Waals surface area contributed by atoms with E-state index < -0.39 is 6.04 Å². The Bertz CT molecular complexity index is 1170. The zero-order chi connectivity index (χ0) is 20.5. The molecule has 4 rings (SSSR count). The van der Waals surface area contributed by atoms with Gasteiger partial charge in [-0.25, -0.2) is 0 Å². The molecule has 0 bridgehead atoms. The molecule has 1 atom stereocenters. The summed E-state index contributed by atoms with van der Waals surface area (Å²) in [5, 5.41) is 7.89. The molecule has 3 heterocycles. The predicted molar refractivity (Wildman–Crippen MR) is 111 cm³/mol. The molecule has 1 amide bonds. The number of halogens is 1. The molecule has 0 saturated heterocycles. The SMILES string of the molecule is Cc1c(C(=O)NC(c2nc(-c3cccnc3)no2)C(C)C)oc2ccc(Br)cc12. The van der Waals surface area contributed by atoms with E-state index in [0.717, 1.165) is 21.0 Å². The molecule has 0 aliphatic carbocycles.